The Morgan fingerprint density at radius 3 is 2.44 bits per heavy atom. The predicted molar refractivity (Wildman–Crippen MR) is 178 cm³/mol. The van der Waals surface area contributed by atoms with Gasteiger partial charge >= 0.3 is 21.1 Å². The Balaban J connectivity index is 0.00000372. The molecule has 6 heteroatoms. The van der Waals surface area contributed by atoms with Crippen molar-refractivity contribution >= 4 is 21.8 Å². The van der Waals surface area contributed by atoms with Crippen molar-refractivity contribution in [3.05, 3.63) is 132 Å². The maximum absolute atomic E-state index is 8.29. The van der Waals surface area contributed by atoms with E-state index in [0.717, 1.165) is 62.2 Å². The smallest absolute Gasteiger partial charge is 0.509 e. The van der Waals surface area contributed by atoms with Gasteiger partial charge in [-0.3, -0.25) is 4.68 Å². The maximum Gasteiger partial charge on any atom is 2.00 e. The van der Waals surface area contributed by atoms with Crippen LogP contribution in [-0.4, -0.2) is 19.3 Å². The number of nitrogens with zero attached hydrogens (tertiary/aromatic N) is 4. The SMILES string of the molecule is [2H]c1ccc2c(c1)c1ccc(Oc3[c-]c(-n4nc(C)c(-c5ccccc5)c4C)ccc3)[c-]c1n2-c1cc(CC(C)(C)C)ccn1.[Pt+2]. The molecule has 0 N–H and O–H groups in total. The summed E-state index contributed by atoms with van der Waals surface area (Å²) in [5.74, 6) is 1.95. The van der Waals surface area contributed by atoms with Gasteiger partial charge in [0, 0.05) is 34.5 Å². The number of fused-ring (bicyclic) bond motifs is 3. The Morgan fingerprint density at radius 2 is 1.64 bits per heavy atom. The Morgan fingerprint density at radius 1 is 0.844 bits per heavy atom. The van der Waals surface area contributed by atoms with Crippen molar-refractivity contribution in [3.8, 4) is 34.1 Å². The van der Waals surface area contributed by atoms with E-state index in [4.69, 9.17) is 16.2 Å². The molecule has 3 heterocycles. The summed E-state index contributed by atoms with van der Waals surface area (Å²) in [6.07, 6.45) is 2.80. The molecule has 0 bridgehead atoms. The Kier molecular flexibility index (Phi) is 7.89. The minimum absolute atomic E-state index is 0. The van der Waals surface area contributed by atoms with Gasteiger partial charge in [0.15, 0.2) is 0 Å². The van der Waals surface area contributed by atoms with E-state index in [1.165, 1.54) is 5.56 Å². The first-order valence-corrected chi connectivity index (χ1v) is 14.9. The van der Waals surface area contributed by atoms with Crippen LogP contribution in [0.3, 0.4) is 0 Å². The third kappa shape index (κ3) is 5.97. The Hall–Kier alpha value is -4.47. The fraction of sp³-hybridized carbons (Fsp3) is 0.179. The zero-order valence-electron chi connectivity index (χ0n) is 27.0. The fourth-order valence-electron chi connectivity index (χ4n) is 6.05. The molecule has 7 rings (SSSR count). The third-order valence-electron chi connectivity index (χ3n) is 7.82. The van der Waals surface area contributed by atoms with Gasteiger partial charge in [-0.25, -0.2) is 4.98 Å². The molecule has 0 aliphatic rings. The molecule has 45 heavy (non-hydrogen) atoms. The molecule has 0 atom stereocenters. The Bertz CT molecular complexity index is 2190. The summed E-state index contributed by atoms with van der Waals surface area (Å²) >= 11 is 0. The number of aromatic nitrogens is 4. The van der Waals surface area contributed by atoms with Gasteiger partial charge < -0.3 is 9.30 Å². The molecule has 0 saturated heterocycles. The fourth-order valence-corrected chi connectivity index (χ4v) is 6.05. The van der Waals surface area contributed by atoms with Crippen LogP contribution in [0.5, 0.6) is 11.5 Å². The summed E-state index contributed by atoms with van der Waals surface area (Å²) in [6.45, 7) is 10.8. The molecule has 7 aromatic rings. The molecule has 0 aliphatic carbocycles. The first kappa shape index (κ1) is 29.3. The van der Waals surface area contributed by atoms with Crippen LogP contribution in [0, 0.1) is 31.4 Å². The third-order valence-corrected chi connectivity index (χ3v) is 7.82. The van der Waals surface area contributed by atoms with Gasteiger partial charge in [-0.05, 0) is 66.1 Å². The van der Waals surface area contributed by atoms with E-state index in [0.29, 0.717) is 17.5 Å². The van der Waals surface area contributed by atoms with Gasteiger partial charge in [0.2, 0.25) is 0 Å². The zero-order chi connectivity index (χ0) is 31.3. The molecule has 226 valence electrons. The van der Waals surface area contributed by atoms with Crippen LogP contribution in [0.1, 0.15) is 39.1 Å². The number of rotatable bonds is 6. The van der Waals surface area contributed by atoms with E-state index in [1.807, 2.05) is 84.5 Å². The van der Waals surface area contributed by atoms with Crippen molar-refractivity contribution in [3.63, 3.8) is 0 Å². The number of para-hydroxylation sites is 1. The summed E-state index contributed by atoms with van der Waals surface area (Å²) in [4.78, 5) is 4.77. The number of hydrogen-bond acceptors (Lipinski definition) is 3. The Labute approximate surface area is 280 Å². The molecule has 0 unspecified atom stereocenters. The molecule has 5 nitrogen and oxygen atoms in total. The first-order valence-electron chi connectivity index (χ1n) is 15.4. The number of pyridine rings is 1. The number of benzene rings is 4. The van der Waals surface area contributed by atoms with Crippen molar-refractivity contribution in [2.45, 2.75) is 41.0 Å². The summed E-state index contributed by atoms with van der Waals surface area (Å²) in [5.41, 5.74) is 8.25. The number of aryl methyl sites for hydroxylation is 1. The van der Waals surface area contributed by atoms with Crippen LogP contribution in [0.4, 0.5) is 0 Å². The zero-order valence-corrected chi connectivity index (χ0v) is 28.2. The minimum atomic E-state index is 0. The van der Waals surface area contributed by atoms with Crippen molar-refractivity contribution < 1.29 is 27.2 Å². The van der Waals surface area contributed by atoms with Crippen LogP contribution in [0.25, 0.3) is 44.4 Å². The molecule has 0 spiro atoms. The molecule has 4 aromatic carbocycles. The molecule has 0 amide bonds. The van der Waals surface area contributed by atoms with E-state index in [2.05, 4.69) is 68.7 Å². The second kappa shape index (κ2) is 12.1. The van der Waals surface area contributed by atoms with E-state index in [-0.39, 0.29) is 26.5 Å². The van der Waals surface area contributed by atoms with Crippen LogP contribution in [0.15, 0.2) is 103 Å². The van der Waals surface area contributed by atoms with Crippen LogP contribution in [0.2, 0.25) is 0 Å². The molecule has 0 radical (unpaired) electrons. The van der Waals surface area contributed by atoms with Crippen molar-refractivity contribution in [2.75, 3.05) is 0 Å². The van der Waals surface area contributed by atoms with Crippen LogP contribution < -0.4 is 4.74 Å². The average molecular weight is 771 g/mol. The van der Waals surface area contributed by atoms with E-state index in [9.17, 15) is 0 Å². The normalized spacial score (nSPS) is 11.9. The molecule has 0 saturated carbocycles. The van der Waals surface area contributed by atoms with E-state index >= 15 is 0 Å². The minimum Gasteiger partial charge on any atom is -0.509 e. The molecular formula is C39H34N4OPt. The van der Waals surface area contributed by atoms with Gasteiger partial charge in [-0.1, -0.05) is 74.8 Å². The predicted octanol–water partition coefficient (Wildman–Crippen LogP) is 9.63. The standard InChI is InChI=1S/C39H34N4O.Pt/c1-26-38(29-12-7-6-8-13-29)27(2)43(41-26)30-14-11-15-31(23-30)44-32-18-19-34-33-16-9-10-17-35(33)42(36(34)24-32)37-22-28(20-21-40-37)25-39(3,4)5;/h6-22H,25H2,1-5H3;/q-2;+2/i9D;. The van der Waals surface area contributed by atoms with Crippen molar-refractivity contribution in [2.24, 2.45) is 5.41 Å². The molecule has 3 aromatic heterocycles. The largest absolute Gasteiger partial charge is 2.00 e. The van der Waals surface area contributed by atoms with Gasteiger partial charge in [-0.2, -0.15) is 17.2 Å². The summed E-state index contributed by atoms with van der Waals surface area (Å²) in [5, 5.41) is 6.82. The quantitative estimate of drug-likeness (QED) is 0.158. The molecular weight excluding hydrogens is 736 g/mol. The molecule has 0 aliphatic heterocycles. The van der Waals surface area contributed by atoms with Gasteiger partial charge in [0.1, 0.15) is 5.82 Å². The monoisotopic (exact) mass is 770 g/mol. The topological polar surface area (TPSA) is 44.9 Å². The maximum atomic E-state index is 8.29. The van der Waals surface area contributed by atoms with Gasteiger partial charge in [0.05, 0.1) is 7.06 Å². The summed E-state index contributed by atoms with van der Waals surface area (Å²) in [6, 6.07) is 37.4. The van der Waals surface area contributed by atoms with Gasteiger partial charge in [-0.15, -0.1) is 35.7 Å². The van der Waals surface area contributed by atoms with Crippen molar-refractivity contribution in [1.82, 2.24) is 19.3 Å². The summed E-state index contributed by atoms with van der Waals surface area (Å²) < 4.78 is 18.7. The second-order valence-electron chi connectivity index (χ2n) is 12.4. The average Bonchev–Trinajstić information content (AvgIpc) is 3.49. The van der Waals surface area contributed by atoms with E-state index < -0.39 is 0 Å². The summed E-state index contributed by atoms with van der Waals surface area (Å²) in [7, 11) is 0. The number of ether oxygens (including phenoxy) is 1. The van der Waals surface area contributed by atoms with Crippen molar-refractivity contribution in [1.29, 1.82) is 0 Å². The first-order chi connectivity index (χ1) is 21.6. The van der Waals surface area contributed by atoms with Gasteiger partial charge in [0.25, 0.3) is 0 Å². The van der Waals surface area contributed by atoms with E-state index in [1.54, 1.807) is 0 Å². The molecule has 0 fully saturated rings. The second-order valence-corrected chi connectivity index (χ2v) is 12.4. The van der Waals surface area contributed by atoms with Crippen LogP contribution in [-0.2, 0) is 27.5 Å². The van der Waals surface area contributed by atoms with Crippen LogP contribution >= 0.6 is 0 Å². The number of hydrogen-bond donors (Lipinski definition) is 0.